The highest BCUT2D eigenvalue weighted by Gasteiger charge is 2.18. The summed E-state index contributed by atoms with van der Waals surface area (Å²) in [5, 5.41) is 13.2. The highest BCUT2D eigenvalue weighted by molar-refractivity contribution is 6.31. The first-order chi connectivity index (χ1) is 8.97. The number of oxazole rings is 1. The van der Waals surface area contributed by atoms with Gasteiger partial charge in [-0.2, -0.15) is 0 Å². The fourth-order valence-corrected chi connectivity index (χ4v) is 1.64. The van der Waals surface area contributed by atoms with Crippen LogP contribution in [0, 0.1) is 22.9 Å². The summed E-state index contributed by atoms with van der Waals surface area (Å²) in [5.41, 5.74) is -0.294. The first-order valence-electron chi connectivity index (χ1n) is 5.26. The molecular formula is C11H9ClFN3O3. The monoisotopic (exact) mass is 285 g/mol. The van der Waals surface area contributed by atoms with Crippen molar-refractivity contribution in [3.63, 3.8) is 0 Å². The molecule has 1 heterocycles. The molecule has 1 aromatic carbocycles. The number of halogens is 2. The predicted molar refractivity (Wildman–Crippen MR) is 66.6 cm³/mol. The van der Waals surface area contributed by atoms with Crippen LogP contribution in [0.25, 0.3) is 0 Å². The number of benzene rings is 1. The van der Waals surface area contributed by atoms with Crippen molar-refractivity contribution in [2.45, 2.75) is 13.5 Å². The standard InChI is InChI=1S/C11H9ClFN3O3/c1-6-4-15-11(19-6)5-14-9-3-8(13)7(12)2-10(9)16(17)18/h2-4,14H,5H2,1H3. The summed E-state index contributed by atoms with van der Waals surface area (Å²) < 4.78 is 18.5. The maximum absolute atomic E-state index is 13.3. The third-order valence-corrected chi connectivity index (χ3v) is 2.62. The van der Waals surface area contributed by atoms with Gasteiger partial charge in [0.2, 0.25) is 5.89 Å². The third kappa shape index (κ3) is 3.00. The molecule has 100 valence electrons. The zero-order valence-electron chi connectivity index (χ0n) is 9.81. The molecule has 2 rings (SSSR count). The van der Waals surface area contributed by atoms with E-state index in [-0.39, 0.29) is 22.9 Å². The highest BCUT2D eigenvalue weighted by Crippen LogP contribution is 2.30. The van der Waals surface area contributed by atoms with Crippen molar-refractivity contribution in [2.75, 3.05) is 5.32 Å². The van der Waals surface area contributed by atoms with Crippen LogP contribution in [0.2, 0.25) is 5.02 Å². The second-order valence-electron chi connectivity index (χ2n) is 3.76. The molecule has 0 aliphatic heterocycles. The first kappa shape index (κ1) is 13.3. The van der Waals surface area contributed by atoms with Crippen molar-refractivity contribution in [3.05, 3.63) is 50.9 Å². The average Bonchev–Trinajstić information content (AvgIpc) is 2.76. The van der Waals surface area contributed by atoms with Gasteiger partial charge in [-0.3, -0.25) is 10.1 Å². The molecule has 1 N–H and O–H groups in total. The van der Waals surface area contributed by atoms with E-state index in [1.54, 1.807) is 6.92 Å². The first-order valence-corrected chi connectivity index (χ1v) is 5.64. The maximum Gasteiger partial charge on any atom is 0.294 e. The van der Waals surface area contributed by atoms with Crippen molar-refractivity contribution in [1.82, 2.24) is 4.98 Å². The van der Waals surface area contributed by atoms with Crippen molar-refractivity contribution in [2.24, 2.45) is 0 Å². The Morgan fingerprint density at radius 3 is 2.89 bits per heavy atom. The molecule has 0 aliphatic rings. The molecule has 0 radical (unpaired) electrons. The van der Waals surface area contributed by atoms with Crippen molar-refractivity contribution < 1.29 is 13.7 Å². The van der Waals surface area contributed by atoms with E-state index in [4.69, 9.17) is 16.0 Å². The van der Waals surface area contributed by atoms with Gasteiger partial charge in [-0.25, -0.2) is 9.37 Å². The molecule has 1 aromatic heterocycles. The molecule has 0 saturated carbocycles. The molecule has 0 saturated heterocycles. The van der Waals surface area contributed by atoms with Crippen LogP contribution in [0.1, 0.15) is 11.7 Å². The van der Waals surface area contributed by atoms with Gasteiger partial charge in [-0.1, -0.05) is 11.6 Å². The van der Waals surface area contributed by atoms with Gasteiger partial charge in [-0.15, -0.1) is 0 Å². The molecule has 0 bridgehead atoms. The van der Waals surface area contributed by atoms with Gasteiger partial charge < -0.3 is 9.73 Å². The van der Waals surface area contributed by atoms with Gasteiger partial charge in [0.25, 0.3) is 5.69 Å². The van der Waals surface area contributed by atoms with E-state index < -0.39 is 10.7 Å². The van der Waals surface area contributed by atoms with Crippen LogP contribution in [-0.2, 0) is 6.54 Å². The molecule has 19 heavy (non-hydrogen) atoms. The van der Waals surface area contributed by atoms with Crippen LogP contribution in [-0.4, -0.2) is 9.91 Å². The van der Waals surface area contributed by atoms with Crippen LogP contribution in [0.5, 0.6) is 0 Å². The van der Waals surface area contributed by atoms with Gasteiger partial charge in [0.05, 0.1) is 22.7 Å². The van der Waals surface area contributed by atoms with E-state index in [9.17, 15) is 14.5 Å². The number of nitro groups is 1. The SMILES string of the molecule is Cc1cnc(CNc2cc(F)c(Cl)cc2[N+](=O)[O-])o1. The number of nitrogens with one attached hydrogen (secondary N) is 1. The largest absolute Gasteiger partial charge is 0.444 e. The lowest BCUT2D eigenvalue weighted by atomic mass is 10.2. The molecule has 0 spiro atoms. The van der Waals surface area contributed by atoms with Crippen molar-refractivity contribution >= 4 is 23.0 Å². The van der Waals surface area contributed by atoms with E-state index in [0.717, 1.165) is 12.1 Å². The van der Waals surface area contributed by atoms with Gasteiger partial charge in [0, 0.05) is 12.1 Å². The lowest BCUT2D eigenvalue weighted by Crippen LogP contribution is -2.03. The summed E-state index contributed by atoms with van der Waals surface area (Å²) in [6.45, 7) is 1.83. The Hall–Kier alpha value is -2.15. The molecule has 0 atom stereocenters. The summed E-state index contributed by atoms with van der Waals surface area (Å²) in [6, 6.07) is 1.93. The Morgan fingerprint density at radius 2 is 2.32 bits per heavy atom. The quantitative estimate of drug-likeness (QED) is 0.688. The van der Waals surface area contributed by atoms with E-state index in [1.165, 1.54) is 6.20 Å². The smallest absolute Gasteiger partial charge is 0.294 e. The Kier molecular flexibility index (Phi) is 3.66. The molecule has 0 unspecified atom stereocenters. The minimum absolute atomic E-state index is 0.0164. The summed E-state index contributed by atoms with van der Waals surface area (Å²) >= 11 is 5.51. The van der Waals surface area contributed by atoms with Crippen LogP contribution >= 0.6 is 11.6 Å². The van der Waals surface area contributed by atoms with E-state index >= 15 is 0 Å². The molecule has 0 fully saturated rings. The van der Waals surface area contributed by atoms with Gasteiger partial charge in [0.1, 0.15) is 17.3 Å². The van der Waals surface area contributed by atoms with Crippen molar-refractivity contribution in [3.8, 4) is 0 Å². The second-order valence-corrected chi connectivity index (χ2v) is 4.17. The highest BCUT2D eigenvalue weighted by atomic mass is 35.5. The van der Waals surface area contributed by atoms with Crippen molar-refractivity contribution in [1.29, 1.82) is 0 Å². The number of hydrogen-bond donors (Lipinski definition) is 1. The number of hydrogen-bond acceptors (Lipinski definition) is 5. The minimum atomic E-state index is -0.738. The number of nitrogens with zero attached hydrogens (tertiary/aromatic N) is 2. The number of aromatic nitrogens is 1. The Balaban J connectivity index is 2.23. The second kappa shape index (κ2) is 5.23. The Morgan fingerprint density at radius 1 is 1.58 bits per heavy atom. The van der Waals surface area contributed by atoms with Crippen LogP contribution in [0.4, 0.5) is 15.8 Å². The maximum atomic E-state index is 13.3. The molecule has 6 nitrogen and oxygen atoms in total. The molecule has 0 amide bonds. The number of rotatable bonds is 4. The predicted octanol–water partition coefficient (Wildman–Crippen LogP) is 3.30. The topological polar surface area (TPSA) is 81.2 Å². The third-order valence-electron chi connectivity index (χ3n) is 2.33. The molecule has 0 aliphatic carbocycles. The summed E-state index contributed by atoms with van der Waals surface area (Å²) in [7, 11) is 0. The summed E-state index contributed by atoms with van der Waals surface area (Å²) in [4.78, 5) is 14.1. The van der Waals surface area contributed by atoms with Crippen LogP contribution in [0.3, 0.4) is 0 Å². The van der Waals surface area contributed by atoms with Gasteiger partial charge in [0.15, 0.2) is 0 Å². The fourth-order valence-electron chi connectivity index (χ4n) is 1.48. The molecule has 8 heteroatoms. The zero-order valence-corrected chi connectivity index (χ0v) is 10.6. The molecular weight excluding hydrogens is 277 g/mol. The van der Waals surface area contributed by atoms with Crippen LogP contribution in [0.15, 0.2) is 22.7 Å². The molecule has 2 aromatic rings. The number of anilines is 1. The fraction of sp³-hybridized carbons (Fsp3) is 0.182. The lowest BCUT2D eigenvalue weighted by Gasteiger charge is -2.06. The lowest BCUT2D eigenvalue weighted by molar-refractivity contribution is -0.384. The summed E-state index contributed by atoms with van der Waals surface area (Å²) in [5.74, 6) is 0.231. The Labute approximate surface area is 112 Å². The van der Waals surface area contributed by atoms with E-state index in [0.29, 0.717) is 11.7 Å². The van der Waals surface area contributed by atoms with Gasteiger partial charge in [-0.05, 0) is 6.92 Å². The summed E-state index contributed by atoms with van der Waals surface area (Å²) in [6.07, 6.45) is 1.52. The van der Waals surface area contributed by atoms with E-state index in [1.807, 2.05) is 0 Å². The Bertz CT molecular complexity index is 630. The van der Waals surface area contributed by atoms with E-state index in [2.05, 4.69) is 10.3 Å². The van der Waals surface area contributed by atoms with Crippen LogP contribution < -0.4 is 5.32 Å². The minimum Gasteiger partial charge on any atom is -0.444 e. The number of nitro benzene ring substituents is 1. The van der Waals surface area contributed by atoms with Gasteiger partial charge >= 0.3 is 0 Å². The average molecular weight is 286 g/mol. The number of aryl methyl sites for hydroxylation is 1. The zero-order chi connectivity index (χ0) is 14.0. The normalized spacial score (nSPS) is 10.5.